The highest BCUT2D eigenvalue weighted by molar-refractivity contribution is 5.90. The van der Waals surface area contributed by atoms with Crippen LogP contribution < -0.4 is 21.1 Å². The standard InChI is InChI=1S/C23H24F3N5O3/c1-2-34-19-9-4-3-8-18(19)28-21(32)27-12-13-30-22(33)31(17-10-11-17)20(29-30)15-6-5-7-16(14-15)23(24,25)26/h3-9,14,17H,2,10-13H2,1H3,(H2,27,28,32). The van der Waals surface area contributed by atoms with Crippen molar-refractivity contribution in [1.29, 1.82) is 0 Å². The van der Waals surface area contributed by atoms with Gasteiger partial charge in [-0.15, -0.1) is 5.10 Å². The number of halogens is 3. The summed E-state index contributed by atoms with van der Waals surface area (Å²) in [6, 6.07) is 11.2. The highest BCUT2D eigenvalue weighted by atomic mass is 19.4. The van der Waals surface area contributed by atoms with E-state index in [1.807, 2.05) is 6.92 Å². The van der Waals surface area contributed by atoms with E-state index in [1.165, 1.54) is 21.4 Å². The molecular formula is C23H24F3N5O3. The Labute approximate surface area is 193 Å². The molecule has 0 aliphatic heterocycles. The minimum atomic E-state index is -4.50. The average Bonchev–Trinajstić information content (AvgIpc) is 3.58. The van der Waals surface area contributed by atoms with Crippen LogP contribution in [0.2, 0.25) is 0 Å². The van der Waals surface area contributed by atoms with Crippen molar-refractivity contribution in [3.8, 4) is 17.1 Å². The van der Waals surface area contributed by atoms with Gasteiger partial charge in [-0.05, 0) is 44.0 Å². The second kappa shape index (κ2) is 9.62. The summed E-state index contributed by atoms with van der Waals surface area (Å²) < 4.78 is 47.6. The van der Waals surface area contributed by atoms with Gasteiger partial charge in [-0.2, -0.15) is 13.2 Å². The van der Waals surface area contributed by atoms with Crippen LogP contribution >= 0.6 is 0 Å². The second-order valence-corrected chi connectivity index (χ2v) is 7.82. The molecule has 3 aromatic rings. The first-order chi connectivity index (χ1) is 16.3. The van der Waals surface area contributed by atoms with Crippen molar-refractivity contribution in [2.24, 2.45) is 0 Å². The van der Waals surface area contributed by atoms with Crippen LogP contribution in [0.5, 0.6) is 5.75 Å². The normalized spacial score (nSPS) is 13.5. The SMILES string of the molecule is CCOc1ccccc1NC(=O)NCCn1nc(-c2cccc(C(F)(F)F)c2)n(C2CC2)c1=O. The molecule has 0 unspecified atom stereocenters. The van der Waals surface area contributed by atoms with Crippen LogP contribution in [-0.4, -0.2) is 33.5 Å². The molecule has 34 heavy (non-hydrogen) atoms. The van der Waals surface area contributed by atoms with Crippen molar-refractivity contribution in [2.75, 3.05) is 18.5 Å². The molecule has 8 nitrogen and oxygen atoms in total. The van der Waals surface area contributed by atoms with E-state index in [-0.39, 0.29) is 30.5 Å². The van der Waals surface area contributed by atoms with Gasteiger partial charge in [0, 0.05) is 18.2 Å². The summed E-state index contributed by atoms with van der Waals surface area (Å²) in [5.74, 6) is 0.721. The van der Waals surface area contributed by atoms with Crippen molar-refractivity contribution in [1.82, 2.24) is 19.7 Å². The largest absolute Gasteiger partial charge is 0.492 e. The maximum absolute atomic E-state index is 13.2. The number of nitrogens with one attached hydrogen (secondary N) is 2. The number of hydrogen-bond donors (Lipinski definition) is 2. The minimum Gasteiger partial charge on any atom is -0.492 e. The van der Waals surface area contributed by atoms with Crippen LogP contribution in [0, 0.1) is 0 Å². The number of nitrogens with zero attached hydrogens (tertiary/aromatic N) is 3. The molecule has 1 heterocycles. The van der Waals surface area contributed by atoms with Crippen LogP contribution in [-0.2, 0) is 12.7 Å². The van der Waals surface area contributed by atoms with Crippen LogP contribution in [0.4, 0.5) is 23.7 Å². The van der Waals surface area contributed by atoms with Crippen LogP contribution in [0.3, 0.4) is 0 Å². The summed E-state index contributed by atoms with van der Waals surface area (Å²) in [5, 5.41) is 9.64. The molecule has 0 saturated heterocycles. The number of hydrogen-bond acceptors (Lipinski definition) is 4. The molecule has 1 fully saturated rings. The molecule has 0 spiro atoms. The van der Waals surface area contributed by atoms with E-state index >= 15 is 0 Å². The van der Waals surface area contributed by atoms with Crippen molar-refractivity contribution < 1.29 is 22.7 Å². The number of amides is 2. The summed E-state index contributed by atoms with van der Waals surface area (Å²) in [4.78, 5) is 25.2. The maximum Gasteiger partial charge on any atom is 0.416 e. The molecular weight excluding hydrogens is 451 g/mol. The summed E-state index contributed by atoms with van der Waals surface area (Å²) >= 11 is 0. The predicted octanol–water partition coefficient (Wildman–Crippen LogP) is 4.29. The molecule has 1 aliphatic carbocycles. The second-order valence-electron chi connectivity index (χ2n) is 7.82. The number of ether oxygens (including phenoxy) is 1. The Kier molecular flexibility index (Phi) is 6.62. The van der Waals surface area contributed by atoms with E-state index in [4.69, 9.17) is 4.74 Å². The first-order valence-electron chi connectivity index (χ1n) is 10.9. The molecule has 0 atom stereocenters. The van der Waals surface area contributed by atoms with Crippen LogP contribution in [0.25, 0.3) is 11.4 Å². The van der Waals surface area contributed by atoms with Gasteiger partial charge in [-0.1, -0.05) is 24.3 Å². The quantitative estimate of drug-likeness (QED) is 0.509. The average molecular weight is 475 g/mol. The van der Waals surface area contributed by atoms with E-state index in [1.54, 1.807) is 24.3 Å². The zero-order chi connectivity index (χ0) is 24.3. The van der Waals surface area contributed by atoms with Crippen molar-refractivity contribution >= 4 is 11.7 Å². The summed E-state index contributed by atoms with van der Waals surface area (Å²) in [6.45, 7) is 2.43. The lowest BCUT2D eigenvalue weighted by atomic mass is 10.1. The van der Waals surface area contributed by atoms with E-state index in [0.29, 0.717) is 18.0 Å². The molecule has 0 radical (unpaired) electrons. The molecule has 2 aromatic carbocycles. The maximum atomic E-state index is 13.2. The minimum absolute atomic E-state index is 0.0606. The number of benzene rings is 2. The lowest BCUT2D eigenvalue weighted by Gasteiger charge is -2.11. The Balaban J connectivity index is 1.47. The molecule has 1 aromatic heterocycles. The molecule has 4 rings (SSSR count). The number of carbonyl (C=O) groups excluding carboxylic acids is 1. The number of rotatable bonds is 8. The molecule has 0 bridgehead atoms. The van der Waals surface area contributed by atoms with E-state index in [0.717, 1.165) is 25.0 Å². The van der Waals surface area contributed by atoms with Gasteiger partial charge in [-0.3, -0.25) is 4.57 Å². The van der Waals surface area contributed by atoms with Crippen LogP contribution in [0.15, 0.2) is 53.3 Å². The number of carbonyl (C=O) groups is 1. The number of anilines is 1. The lowest BCUT2D eigenvalue weighted by molar-refractivity contribution is -0.137. The van der Waals surface area contributed by atoms with Crippen molar-refractivity contribution in [2.45, 2.75) is 38.5 Å². The third-order valence-electron chi connectivity index (χ3n) is 5.27. The van der Waals surface area contributed by atoms with Crippen molar-refractivity contribution in [3.05, 3.63) is 64.6 Å². The summed E-state index contributed by atoms with van der Waals surface area (Å²) in [6.07, 6.45) is -2.98. The number of alkyl halides is 3. The predicted molar refractivity (Wildman–Crippen MR) is 120 cm³/mol. The fraction of sp³-hybridized carbons (Fsp3) is 0.348. The summed E-state index contributed by atoms with van der Waals surface area (Å²) in [7, 11) is 0. The van der Waals surface area contributed by atoms with Gasteiger partial charge in [0.15, 0.2) is 5.82 Å². The first-order valence-corrected chi connectivity index (χ1v) is 10.9. The Hall–Kier alpha value is -3.76. The van der Waals surface area contributed by atoms with Gasteiger partial charge in [0.2, 0.25) is 0 Å². The van der Waals surface area contributed by atoms with Crippen molar-refractivity contribution in [3.63, 3.8) is 0 Å². The van der Waals surface area contributed by atoms with E-state index in [9.17, 15) is 22.8 Å². The van der Waals surface area contributed by atoms with Gasteiger partial charge in [0.05, 0.1) is 24.4 Å². The molecule has 2 N–H and O–H groups in total. The number of para-hydroxylation sites is 2. The molecule has 2 amide bonds. The first kappa shape index (κ1) is 23.4. The van der Waals surface area contributed by atoms with Gasteiger partial charge < -0.3 is 15.4 Å². The Morgan fingerprint density at radius 1 is 1.18 bits per heavy atom. The zero-order valence-electron chi connectivity index (χ0n) is 18.4. The number of aromatic nitrogens is 3. The molecule has 1 saturated carbocycles. The Bertz CT molecular complexity index is 1230. The summed E-state index contributed by atoms with van der Waals surface area (Å²) in [5.41, 5.74) is -0.501. The third kappa shape index (κ3) is 5.24. The Morgan fingerprint density at radius 2 is 1.94 bits per heavy atom. The molecule has 1 aliphatic rings. The smallest absolute Gasteiger partial charge is 0.416 e. The number of urea groups is 1. The fourth-order valence-electron chi connectivity index (χ4n) is 3.55. The van der Waals surface area contributed by atoms with Gasteiger partial charge >= 0.3 is 17.9 Å². The highest BCUT2D eigenvalue weighted by Gasteiger charge is 2.33. The van der Waals surface area contributed by atoms with Gasteiger partial charge in [0.25, 0.3) is 0 Å². The monoisotopic (exact) mass is 475 g/mol. The van der Waals surface area contributed by atoms with Crippen LogP contribution in [0.1, 0.15) is 31.4 Å². The Morgan fingerprint density at radius 3 is 2.65 bits per heavy atom. The molecule has 180 valence electrons. The lowest BCUT2D eigenvalue weighted by Crippen LogP contribution is -2.34. The van der Waals surface area contributed by atoms with E-state index in [2.05, 4.69) is 15.7 Å². The topological polar surface area (TPSA) is 90.2 Å². The van der Waals surface area contributed by atoms with E-state index < -0.39 is 23.5 Å². The molecule has 11 heteroatoms. The van der Waals surface area contributed by atoms with Gasteiger partial charge in [-0.25, -0.2) is 14.3 Å². The van der Waals surface area contributed by atoms with Gasteiger partial charge in [0.1, 0.15) is 5.75 Å². The third-order valence-corrected chi connectivity index (χ3v) is 5.27. The highest BCUT2D eigenvalue weighted by Crippen LogP contribution is 2.37. The fourth-order valence-corrected chi connectivity index (χ4v) is 3.55. The zero-order valence-corrected chi connectivity index (χ0v) is 18.4.